The van der Waals surface area contributed by atoms with Gasteiger partial charge < -0.3 is 20.1 Å². The standard InChI is InChI=1S/C16H22N2O3/c1-3-17-16(12-6-7-20-10(12)2)11-4-5-14-13(8-11)18-15(19)9-21-14/h4-5,8,10,12,16-17H,3,6-7,9H2,1-2H3,(H,18,19). The van der Waals surface area contributed by atoms with Gasteiger partial charge in [-0.3, -0.25) is 4.79 Å². The number of nitrogens with one attached hydrogen (secondary N) is 2. The summed E-state index contributed by atoms with van der Waals surface area (Å²) in [5.74, 6) is 1.09. The van der Waals surface area contributed by atoms with Gasteiger partial charge in [-0.05, 0) is 37.6 Å². The highest BCUT2D eigenvalue weighted by Crippen LogP contribution is 2.37. The van der Waals surface area contributed by atoms with E-state index < -0.39 is 0 Å². The number of amides is 1. The number of carbonyl (C=O) groups is 1. The Balaban J connectivity index is 1.89. The molecule has 5 heteroatoms. The van der Waals surface area contributed by atoms with Crippen LogP contribution in [-0.2, 0) is 9.53 Å². The Bertz CT molecular complexity index is 532. The van der Waals surface area contributed by atoms with Crippen LogP contribution in [0, 0.1) is 5.92 Å². The van der Waals surface area contributed by atoms with Crippen molar-refractivity contribution in [2.24, 2.45) is 5.92 Å². The first-order chi connectivity index (χ1) is 10.2. The molecule has 114 valence electrons. The second-order valence-electron chi connectivity index (χ2n) is 5.66. The zero-order chi connectivity index (χ0) is 14.8. The maximum Gasteiger partial charge on any atom is 0.262 e. The molecule has 0 radical (unpaired) electrons. The summed E-state index contributed by atoms with van der Waals surface area (Å²) in [6.45, 7) is 6.05. The van der Waals surface area contributed by atoms with E-state index in [1.54, 1.807) is 0 Å². The van der Waals surface area contributed by atoms with Crippen LogP contribution in [0.5, 0.6) is 5.75 Å². The minimum atomic E-state index is -0.0998. The summed E-state index contributed by atoms with van der Waals surface area (Å²) >= 11 is 0. The van der Waals surface area contributed by atoms with E-state index in [-0.39, 0.29) is 24.7 Å². The third-order valence-corrected chi connectivity index (χ3v) is 4.28. The highest BCUT2D eigenvalue weighted by atomic mass is 16.5. The molecule has 5 nitrogen and oxygen atoms in total. The van der Waals surface area contributed by atoms with Gasteiger partial charge in [0.1, 0.15) is 5.75 Å². The highest BCUT2D eigenvalue weighted by Gasteiger charge is 2.33. The fraction of sp³-hybridized carbons (Fsp3) is 0.562. The maximum atomic E-state index is 11.5. The molecule has 1 aromatic rings. The molecule has 1 amide bonds. The first-order valence-corrected chi connectivity index (χ1v) is 7.60. The Labute approximate surface area is 125 Å². The lowest BCUT2D eigenvalue weighted by Gasteiger charge is -2.28. The molecule has 21 heavy (non-hydrogen) atoms. The summed E-state index contributed by atoms with van der Waals surface area (Å²) < 4.78 is 11.1. The monoisotopic (exact) mass is 290 g/mol. The normalized spacial score (nSPS) is 25.9. The molecule has 0 aromatic heterocycles. The first-order valence-electron chi connectivity index (χ1n) is 7.60. The third kappa shape index (κ3) is 2.89. The van der Waals surface area contributed by atoms with Crippen LogP contribution < -0.4 is 15.4 Å². The summed E-state index contributed by atoms with van der Waals surface area (Å²) in [5, 5.41) is 6.43. The number of rotatable bonds is 4. The van der Waals surface area contributed by atoms with Crippen LogP contribution >= 0.6 is 0 Å². The second kappa shape index (κ2) is 6.03. The fourth-order valence-electron chi connectivity index (χ4n) is 3.22. The van der Waals surface area contributed by atoms with E-state index in [2.05, 4.69) is 30.5 Å². The van der Waals surface area contributed by atoms with E-state index in [0.717, 1.165) is 31.0 Å². The summed E-state index contributed by atoms with van der Waals surface area (Å²) in [6, 6.07) is 6.27. The van der Waals surface area contributed by atoms with E-state index in [1.165, 1.54) is 5.56 Å². The molecule has 0 aliphatic carbocycles. The van der Waals surface area contributed by atoms with Crippen molar-refractivity contribution in [3.05, 3.63) is 23.8 Å². The average molecular weight is 290 g/mol. The molecule has 2 N–H and O–H groups in total. The van der Waals surface area contributed by atoms with Crippen LogP contribution in [0.3, 0.4) is 0 Å². The molecule has 0 bridgehead atoms. The maximum absolute atomic E-state index is 11.5. The molecular weight excluding hydrogens is 268 g/mol. The van der Waals surface area contributed by atoms with E-state index in [9.17, 15) is 4.79 Å². The van der Waals surface area contributed by atoms with Gasteiger partial charge in [0.25, 0.3) is 5.91 Å². The van der Waals surface area contributed by atoms with Gasteiger partial charge >= 0.3 is 0 Å². The Kier molecular flexibility index (Phi) is 4.12. The van der Waals surface area contributed by atoms with Gasteiger partial charge in [0.2, 0.25) is 0 Å². The van der Waals surface area contributed by atoms with Crippen molar-refractivity contribution in [2.45, 2.75) is 32.4 Å². The summed E-state index contributed by atoms with van der Waals surface area (Å²) in [4.78, 5) is 11.5. The molecule has 2 heterocycles. The molecule has 3 atom stereocenters. The molecule has 1 aromatic carbocycles. The summed E-state index contributed by atoms with van der Waals surface area (Å²) in [5.41, 5.74) is 1.93. The lowest BCUT2D eigenvalue weighted by molar-refractivity contribution is -0.118. The van der Waals surface area contributed by atoms with E-state index in [1.807, 2.05) is 12.1 Å². The van der Waals surface area contributed by atoms with Gasteiger partial charge in [0, 0.05) is 18.6 Å². The first kappa shape index (κ1) is 14.4. The van der Waals surface area contributed by atoms with Crippen molar-refractivity contribution in [1.82, 2.24) is 5.32 Å². The van der Waals surface area contributed by atoms with Gasteiger partial charge in [-0.15, -0.1) is 0 Å². The topological polar surface area (TPSA) is 59.6 Å². The summed E-state index contributed by atoms with van der Waals surface area (Å²) in [6.07, 6.45) is 1.30. The van der Waals surface area contributed by atoms with Gasteiger partial charge in [0.15, 0.2) is 6.61 Å². The smallest absolute Gasteiger partial charge is 0.262 e. The van der Waals surface area contributed by atoms with Crippen LogP contribution in [0.4, 0.5) is 5.69 Å². The Morgan fingerprint density at radius 3 is 3.05 bits per heavy atom. The fourth-order valence-corrected chi connectivity index (χ4v) is 3.22. The molecule has 2 aliphatic rings. The van der Waals surface area contributed by atoms with Crippen molar-refractivity contribution >= 4 is 11.6 Å². The largest absolute Gasteiger partial charge is 0.482 e. The van der Waals surface area contributed by atoms with E-state index in [4.69, 9.17) is 9.47 Å². The molecule has 0 spiro atoms. The predicted molar refractivity (Wildman–Crippen MR) is 80.5 cm³/mol. The van der Waals surface area contributed by atoms with Gasteiger partial charge in [-0.1, -0.05) is 13.0 Å². The Hall–Kier alpha value is -1.59. The summed E-state index contributed by atoms with van der Waals surface area (Å²) in [7, 11) is 0. The molecule has 1 fully saturated rings. The van der Waals surface area contributed by atoms with Crippen LogP contribution in [0.15, 0.2) is 18.2 Å². The molecule has 3 rings (SSSR count). The van der Waals surface area contributed by atoms with Crippen LogP contribution in [-0.4, -0.2) is 31.8 Å². The number of hydrogen-bond acceptors (Lipinski definition) is 4. The number of ether oxygens (including phenoxy) is 2. The van der Waals surface area contributed by atoms with Gasteiger partial charge in [-0.2, -0.15) is 0 Å². The number of benzene rings is 1. The molecule has 0 saturated carbocycles. The predicted octanol–water partition coefficient (Wildman–Crippen LogP) is 2.09. The number of anilines is 1. The van der Waals surface area contributed by atoms with Crippen LogP contribution in [0.25, 0.3) is 0 Å². The number of hydrogen-bond donors (Lipinski definition) is 2. The van der Waals surface area contributed by atoms with Crippen molar-refractivity contribution in [3.63, 3.8) is 0 Å². The van der Waals surface area contributed by atoms with Crippen LogP contribution in [0.2, 0.25) is 0 Å². The minimum absolute atomic E-state index is 0.0937. The van der Waals surface area contributed by atoms with Crippen molar-refractivity contribution in [2.75, 3.05) is 25.1 Å². The zero-order valence-corrected chi connectivity index (χ0v) is 12.5. The van der Waals surface area contributed by atoms with E-state index in [0.29, 0.717) is 5.92 Å². The third-order valence-electron chi connectivity index (χ3n) is 4.28. The minimum Gasteiger partial charge on any atom is -0.482 e. The SMILES string of the molecule is CCNC(c1ccc2c(c1)NC(=O)CO2)C1CCOC1C. The van der Waals surface area contributed by atoms with Gasteiger partial charge in [0.05, 0.1) is 11.8 Å². The molecular formula is C16H22N2O3. The Morgan fingerprint density at radius 2 is 2.33 bits per heavy atom. The van der Waals surface area contributed by atoms with Crippen molar-refractivity contribution in [3.8, 4) is 5.75 Å². The average Bonchev–Trinajstić information content (AvgIpc) is 2.90. The van der Waals surface area contributed by atoms with Crippen molar-refractivity contribution < 1.29 is 14.3 Å². The lowest BCUT2D eigenvalue weighted by atomic mass is 9.88. The number of carbonyl (C=O) groups excluding carboxylic acids is 1. The number of fused-ring (bicyclic) bond motifs is 1. The molecule has 1 saturated heterocycles. The lowest BCUT2D eigenvalue weighted by Crippen LogP contribution is -2.32. The molecule has 3 unspecified atom stereocenters. The Morgan fingerprint density at radius 1 is 1.48 bits per heavy atom. The van der Waals surface area contributed by atoms with E-state index >= 15 is 0 Å². The zero-order valence-electron chi connectivity index (χ0n) is 12.5. The van der Waals surface area contributed by atoms with Crippen molar-refractivity contribution in [1.29, 1.82) is 0 Å². The van der Waals surface area contributed by atoms with Gasteiger partial charge in [-0.25, -0.2) is 0 Å². The highest BCUT2D eigenvalue weighted by molar-refractivity contribution is 5.95. The molecule has 2 aliphatic heterocycles. The second-order valence-corrected chi connectivity index (χ2v) is 5.66. The quantitative estimate of drug-likeness (QED) is 0.891. The van der Waals surface area contributed by atoms with Crippen LogP contribution in [0.1, 0.15) is 31.9 Å².